The van der Waals surface area contributed by atoms with Crippen LogP contribution < -0.4 is 0 Å². The molecule has 0 aromatic carbocycles. The molecule has 0 radical (unpaired) electrons. The van der Waals surface area contributed by atoms with Gasteiger partial charge in [-0.05, 0) is 78.6 Å². The molecule has 0 saturated carbocycles. The van der Waals surface area contributed by atoms with Crippen molar-refractivity contribution in [2.45, 2.75) is 79.6 Å². The molecular weight excluding hydrogens is 335 g/mol. The van der Waals surface area contributed by atoms with Gasteiger partial charge in [-0.3, -0.25) is 4.52 Å². The van der Waals surface area contributed by atoms with Crippen LogP contribution in [0.15, 0.2) is 34.9 Å². The topological polar surface area (TPSA) is 66.8 Å². The van der Waals surface area contributed by atoms with Gasteiger partial charge < -0.3 is 9.79 Å². The van der Waals surface area contributed by atoms with E-state index in [0.717, 1.165) is 38.5 Å². The maximum Gasteiger partial charge on any atom is 0.469 e. The lowest BCUT2D eigenvalue weighted by molar-refractivity contribution is 0.185. The molecule has 0 bridgehead atoms. The Bertz CT molecular complexity index is 496. The first-order valence-corrected chi connectivity index (χ1v) is 10.8. The van der Waals surface area contributed by atoms with Crippen LogP contribution in [-0.2, 0) is 9.09 Å². The average molecular weight is 372 g/mol. The van der Waals surface area contributed by atoms with Crippen LogP contribution in [0.2, 0.25) is 0 Å². The maximum atomic E-state index is 10.6. The molecule has 25 heavy (non-hydrogen) atoms. The van der Waals surface area contributed by atoms with Crippen molar-refractivity contribution in [3.05, 3.63) is 34.9 Å². The van der Waals surface area contributed by atoms with Gasteiger partial charge in [-0.15, -0.1) is 0 Å². The highest BCUT2D eigenvalue weighted by Gasteiger charge is 2.13. The Hall–Kier alpha value is -0.670. The first kappa shape index (κ1) is 24.3. The maximum absolute atomic E-state index is 10.6. The third-order valence-electron chi connectivity index (χ3n) is 4.15. The second-order valence-corrected chi connectivity index (χ2v) is 8.49. The van der Waals surface area contributed by atoms with Crippen LogP contribution in [0.1, 0.15) is 79.6 Å². The van der Waals surface area contributed by atoms with Gasteiger partial charge in [0.15, 0.2) is 0 Å². The predicted molar refractivity (Wildman–Crippen MR) is 106 cm³/mol. The summed E-state index contributed by atoms with van der Waals surface area (Å²) in [5, 5.41) is 0. The molecule has 0 spiro atoms. The highest BCUT2D eigenvalue weighted by molar-refractivity contribution is 7.46. The van der Waals surface area contributed by atoms with E-state index >= 15 is 0 Å². The van der Waals surface area contributed by atoms with Crippen molar-refractivity contribution >= 4 is 7.82 Å². The highest BCUT2D eigenvalue weighted by atomic mass is 31.2. The molecule has 0 heterocycles. The lowest BCUT2D eigenvalue weighted by Gasteiger charge is -2.11. The molecule has 2 N–H and O–H groups in total. The van der Waals surface area contributed by atoms with Gasteiger partial charge in [0.2, 0.25) is 0 Å². The Morgan fingerprint density at radius 1 is 0.920 bits per heavy atom. The van der Waals surface area contributed by atoms with Gasteiger partial charge in [0.1, 0.15) is 0 Å². The monoisotopic (exact) mass is 372 g/mol. The van der Waals surface area contributed by atoms with E-state index in [-0.39, 0.29) is 6.61 Å². The fraction of sp³-hybridized carbons (Fsp3) is 0.700. The zero-order chi connectivity index (χ0) is 19.3. The summed E-state index contributed by atoms with van der Waals surface area (Å²) >= 11 is 0. The van der Waals surface area contributed by atoms with Crippen LogP contribution >= 0.6 is 7.82 Å². The van der Waals surface area contributed by atoms with Crippen molar-refractivity contribution in [2.24, 2.45) is 5.92 Å². The number of hydrogen-bond donors (Lipinski definition) is 2. The minimum atomic E-state index is -4.32. The van der Waals surface area contributed by atoms with Crippen molar-refractivity contribution in [2.75, 3.05) is 6.61 Å². The summed E-state index contributed by atoms with van der Waals surface area (Å²) in [4.78, 5) is 17.3. The molecule has 1 unspecified atom stereocenters. The SMILES string of the molecule is CC(C)=CCCC(C)=CCCC(C)=CCCC(C)CCOP(=O)(O)O. The van der Waals surface area contributed by atoms with E-state index in [1.54, 1.807) is 0 Å². The van der Waals surface area contributed by atoms with Gasteiger partial charge in [0, 0.05) is 0 Å². The minimum absolute atomic E-state index is 0.116. The Kier molecular flexibility index (Phi) is 13.2. The molecule has 5 heteroatoms. The van der Waals surface area contributed by atoms with Crippen molar-refractivity contribution < 1.29 is 18.9 Å². The second-order valence-electron chi connectivity index (χ2n) is 7.25. The molecule has 0 aliphatic rings. The smallest absolute Gasteiger partial charge is 0.303 e. The third-order valence-corrected chi connectivity index (χ3v) is 4.66. The number of hydrogen-bond acceptors (Lipinski definition) is 2. The van der Waals surface area contributed by atoms with Crippen molar-refractivity contribution in [3.63, 3.8) is 0 Å². The number of allylic oxidation sites excluding steroid dienone is 6. The molecule has 0 fully saturated rings. The molecule has 1 atom stereocenters. The third kappa shape index (κ3) is 17.9. The summed E-state index contributed by atoms with van der Waals surface area (Å²) in [7, 11) is -4.32. The van der Waals surface area contributed by atoms with Gasteiger partial charge in [-0.25, -0.2) is 4.57 Å². The standard InChI is InChI=1S/C20H37O4P/c1-17(2)9-6-10-18(3)11-7-12-19(4)13-8-14-20(5)15-16-24-25(21,22)23/h9,11,13,20H,6-8,10,12,14-16H2,1-5H3,(H2,21,22,23). The van der Waals surface area contributed by atoms with Gasteiger partial charge in [-0.2, -0.15) is 0 Å². The molecule has 0 aliphatic carbocycles. The Morgan fingerprint density at radius 2 is 1.44 bits per heavy atom. The molecule has 0 aliphatic heterocycles. The molecule has 0 saturated heterocycles. The Balaban J connectivity index is 3.90. The fourth-order valence-corrected chi connectivity index (χ4v) is 2.81. The Morgan fingerprint density at radius 3 is 1.96 bits per heavy atom. The molecule has 0 aromatic rings. The van der Waals surface area contributed by atoms with Crippen LogP contribution in [0.5, 0.6) is 0 Å². The molecular formula is C20H37O4P. The van der Waals surface area contributed by atoms with E-state index in [2.05, 4.69) is 57.4 Å². The lowest BCUT2D eigenvalue weighted by atomic mass is 10.0. The summed E-state index contributed by atoms with van der Waals surface area (Å²) < 4.78 is 15.1. The summed E-state index contributed by atoms with van der Waals surface area (Å²) in [6, 6.07) is 0. The van der Waals surface area contributed by atoms with Crippen LogP contribution in [-0.4, -0.2) is 16.4 Å². The van der Waals surface area contributed by atoms with Crippen molar-refractivity contribution in [1.29, 1.82) is 0 Å². The summed E-state index contributed by atoms with van der Waals surface area (Å²) in [6.45, 7) is 10.9. The van der Waals surface area contributed by atoms with Gasteiger partial charge in [0.25, 0.3) is 0 Å². The largest absolute Gasteiger partial charge is 0.469 e. The van der Waals surface area contributed by atoms with E-state index in [4.69, 9.17) is 9.79 Å². The second kappa shape index (κ2) is 13.5. The lowest BCUT2D eigenvalue weighted by Crippen LogP contribution is -2.00. The average Bonchev–Trinajstić information content (AvgIpc) is 2.45. The zero-order valence-corrected chi connectivity index (χ0v) is 17.5. The van der Waals surface area contributed by atoms with Gasteiger partial charge >= 0.3 is 7.82 Å². The zero-order valence-electron chi connectivity index (χ0n) is 16.6. The number of phosphoric ester groups is 1. The van der Waals surface area contributed by atoms with Crippen LogP contribution in [0.4, 0.5) is 0 Å². The van der Waals surface area contributed by atoms with Crippen LogP contribution in [0, 0.1) is 5.92 Å². The summed E-state index contributed by atoms with van der Waals surface area (Å²) in [5.41, 5.74) is 4.25. The molecule has 0 amide bonds. The fourth-order valence-electron chi connectivity index (χ4n) is 2.47. The first-order valence-electron chi connectivity index (χ1n) is 9.25. The van der Waals surface area contributed by atoms with E-state index < -0.39 is 7.82 Å². The van der Waals surface area contributed by atoms with Crippen LogP contribution in [0.3, 0.4) is 0 Å². The first-order chi connectivity index (χ1) is 11.6. The van der Waals surface area contributed by atoms with Crippen molar-refractivity contribution in [3.8, 4) is 0 Å². The molecule has 146 valence electrons. The van der Waals surface area contributed by atoms with Gasteiger partial charge in [0.05, 0.1) is 6.61 Å². The number of rotatable bonds is 13. The van der Waals surface area contributed by atoms with Gasteiger partial charge in [-0.1, -0.05) is 41.9 Å². The molecule has 0 rings (SSSR count). The van der Waals surface area contributed by atoms with E-state index in [1.165, 1.54) is 16.7 Å². The van der Waals surface area contributed by atoms with Crippen LogP contribution in [0.25, 0.3) is 0 Å². The number of phosphoric acid groups is 1. The Labute approximate surface area is 154 Å². The van der Waals surface area contributed by atoms with Crippen molar-refractivity contribution in [1.82, 2.24) is 0 Å². The van der Waals surface area contributed by atoms with E-state index in [0.29, 0.717) is 12.3 Å². The van der Waals surface area contributed by atoms with E-state index in [1.807, 2.05) is 0 Å². The highest BCUT2D eigenvalue weighted by Crippen LogP contribution is 2.36. The summed E-state index contributed by atoms with van der Waals surface area (Å²) in [5.74, 6) is 0.396. The normalized spacial score (nSPS) is 14.5. The predicted octanol–water partition coefficient (Wildman–Crippen LogP) is 6.32. The summed E-state index contributed by atoms with van der Waals surface area (Å²) in [6.07, 6.45) is 14.1. The molecule has 0 aromatic heterocycles. The minimum Gasteiger partial charge on any atom is -0.303 e. The van der Waals surface area contributed by atoms with E-state index in [9.17, 15) is 4.57 Å². The quantitative estimate of drug-likeness (QED) is 0.293. The molecule has 4 nitrogen and oxygen atoms in total.